The van der Waals surface area contributed by atoms with Crippen LogP contribution in [-0.4, -0.2) is 31.9 Å². The average Bonchev–Trinajstić information content (AvgIpc) is 3.07. The molecule has 3 rings (SSSR count). The highest BCUT2D eigenvalue weighted by Crippen LogP contribution is 2.27. The molecule has 0 saturated heterocycles. The van der Waals surface area contributed by atoms with Crippen molar-refractivity contribution in [3.05, 3.63) is 64.4 Å². The average molecular weight is 388 g/mol. The molecule has 1 N–H and O–H groups in total. The van der Waals surface area contributed by atoms with Crippen LogP contribution >= 0.6 is 23.4 Å². The fourth-order valence-electron chi connectivity index (χ4n) is 2.55. The van der Waals surface area contributed by atoms with Gasteiger partial charge in [0.25, 0.3) is 0 Å². The van der Waals surface area contributed by atoms with E-state index in [9.17, 15) is 4.79 Å². The number of benzene rings is 2. The van der Waals surface area contributed by atoms with E-state index in [2.05, 4.69) is 20.8 Å². The van der Waals surface area contributed by atoms with Gasteiger partial charge in [0.1, 0.15) is 0 Å². The van der Waals surface area contributed by atoms with Gasteiger partial charge >= 0.3 is 0 Å². The number of aryl methyl sites for hydroxylation is 2. The van der Waals surface area contributed by atoms with E-state index in [1.165, 1.54) is 11.8 Å². The number of nitrogens with zero attached hydrogens (tertiary/aromatic N) is 4. The van der Waals surface area contributed by atoms with Gasteiger partial charge in [0.05, 0.1) is 27.9 Å². The third-order valence-corrected chi connectivity index (χ3v) is 4.92. The number of hydrogen-bond donors (Lipinski definition) is 1. The summed E-state index contributed by atoms with van der Waals surface area (Å²) < 4.78 is 1.67. The molecule has 0 fully saturated rings. The third kappa shape index (κ3) is 4.42. The second-order valence-electron chi connectivity index (χ2n) is 5.82. The van der Waals surface area contributed by atoms with E-state index in [1.54, 1.807) is 4.68 Å². The maximum Gasteiger partial charge on any atom is 0.234 e. The molecule has 0 atom stereocenters. The van der Waals surface area contributed by atoms with E-state index in [0.29, 0.717) is 22.3 Å². The van der Waals surface area contributed by atoms with Crippen LogP contribution in [0.15, 0.2) is 42.5 Å². The standard InChI is InChI=1S/C18H18ClN5OS/c1-12-8-13(2)18(15(19)9-12)20-17(25)11-26-10-16-21-22-23-24(16)14-6-4-3-5-7-14/h3-9H,10-11H2,1-2H3,(H,20,25). The Labute approximate surface area is 160 Å². The SMILES string of the molecule is Cc1cc(C)c(NC(=O)CSCc2nnnn2-c2ccccc2)c(Cl)c1. The normalized spacial score (nSPS) is 10.7. The molecule has 8 heteroatoms. The predicted molar refractivity (Wildman–Crippen MR) is 105 cm³/mol. The minimum atomic E-state index is -0.109. The van der Waals surface area contributed by atoms with Crippen LogP contribution in [0, 0.1) is 13.8 Å². The fraction of sp³-hybridized carbons (Fsp3) is 0.222. The first kappa shape index (κ1) is 18.4. The Hall–Kier alpha value is -2.38. The van der Waals surface area contributed by atoms with E-state index < -0.39 is 0 Å². The van der Waals surface area contributed by atoms with Gasteiger partial charge in [-0.3, -0.25) is 4.79 Å². The van der Waals surface area contributed by atoms with Crippen molar-refractivity contribution >= 4 is 35.0 Å². The zero-order valence-electron chi connectivity index (χ0n) is 14.4. The molecular formula is C18H18ClN5OS. The molecule has 0 radical (unpaired) electrons. The molecule has 0 aliphatic heterocycles. The number of hydrogen-bond acceptors (Lipinski definition) is 5. The number of thioether (sulfide) groups is 1. The lowest BCUT2D eigenvalue weighted by molar-refractivity contribution is -0.113. The van der Waals surface area contributed by atoms with E-state index in [4.69, 9.17) is 11.6 Å². The van der Waals surface area contributed by atoms with Crippen molar-refractivity contribution in [2.75, 3.05) is 11.1 Å². The van der Waals surface area contributed by atoms with E-state index >= 15 is 0 Å². The molecule has 0 saturated carbocycles. The topological polar surface area (TPSA) is 72.7 Å². The Balaban J connectivity index is 1.58. The van der Waals surface area contributed by atoms with Crippen molar-refractivity contribution < 1.29 is 4.79 Å². The summed E-state index contributed by atoms with van der Waals surface area (Å²) in [4.78, 5) is 12.2. The number of nitrogens with one attached hydrogen (secondary N) is 1. The van der Waals surface area contributed by atoms with Crippen LogP contribution in [0.2, 0.25) is 5.02 Å². The zero-order valence-corrected chi connectivity index (χ0v) is 16.0. The maximum atomic E-state index is 12.2. The van der Waals surface area contributed by atoms with Crippen molar-refractivity contribution in [2.45, 2.75) is 19.6 Å². The van der Waals surface area contributed by atoms with Gasteiger partial charge in [-0.25, -0.2) is 0 Å². The summed E-state index contributed by atoms with van der Waals surface area (Å²) in [6.07, 6.45) is 0. The largest absolute Gasteiger partial charge is 0.324 e. The molecular weight excluding hydrogens is 370 g/mol. The van der Waals surface area contributed by atoms with Gasteiger partial charge in [-0.15, -0.1) is 16.9 Å². The first-order valence-electron chi connectivity index (χ1n) is 8.01. The highest BCUT2D eigenvalue weighted by atomic mass is 35.5. The summed E-state index contributed by atoms with van der Waals surface area (Å²) in [5, 5.41) is 15.2. The maximum absolute atomic E-state index is 12.2. The molecule has 3 aromatic rings. The van der Waals surface area contributed by atoms with E-state index in [-0.39, 0.29) is 11.7 Å². The molecule has 6 nitrogen and oxygen atoms in total. The van der Waals surface area contributed by atoms with Gasteiger partial charge in [0.15, 0.2) is 5.82 Å². The van der Waals surface area contributed by atoms with Crippen LogP contribution in [-0.2, 0) is 10.5 Å². The minimum Gasteiger partial charge on any atom is -0.324 e. The highest BCUT2D eigenvalue weighted by Gasteiger charge is 2.12. The second-order valence-corrected chi connectivity index (χ2v) is 7.21. The van der Waals surface area contributed by atoms with Gasteiger partial charge in [-0.1, -0.05) is 35.9 Å². The molecule has 1 heterocycles. The molecule has 0 bridgehead atoms. The van der Waals surface area contributed by atoms with Crippen LogP contribution in [0.5, 0.6) is 0 Å². The van der Waals surface area contributed by atoms with Gasteiger partial charge < -0.3 is 5.32 Å². The Morgan fingerprint density at radius 3 is 2.73 bits per heavy atom. The lowest BCUT2D eigenvalue weighted by Gasteiger charge is -2.11. The molecule has 0 aliphatic rings. The Bertz CT molecular complexity index is 890. The number of amides is 1. The zero-order chi connectivity index (χ0) is 18.5. The summed E-state index contributed by atoms with van der Waals surface area (Å²) in [6, 6.07) is 13.5. The summed E-state index contributed by atoms with van der Waals surface area (Å²) in [5.74, 6) is 1.39. The smallest absolute Gasteiger partial charge is 0.234 e. The van der Waals surface area contributed by atoms with Gasteiger partial charge in [0.2, 0.25) is 5.91 Å². The molecule has 0 unspecified atom stereocenters. The highest BCUT2D eigenvalue weighted by molar-refractivity contribution is 7.99. The number of para-hydroxylation sites is 1. The number of halogens is 1. The summed E-state index contributed by atoms with van der Waals surface area (Å²) in [7, 11) is 0. The number of carbonyl (C=O) groups is 1. The number of aromatic nitrogens is 4. The van der Waals surface area contributed by atoms with Crippen molar-refractivity contribution in [1.29, 1.82) is 0 Å². The first-order chi connectivity index (χ1) is 12.5. The van der Waals surface area contributed by atoms with Crippen LogP contribution in [0.3, 0.4) is 0 Å². The molecule has 134 valence electrons. The Morgan fingerprint density at radius 2 is 2.00 bits per heavy atom. The van der Waals surface area contributed by atoms with Crippen molar-refractivity contribution in [2.24, 2.45) is 0 Å². The van der Waals surface area contributed by atoms with Crippen molar-refractivity contribution in [3.8, 4) is 5.69 Å². The molecule has 1 aromatic heterocycles. The van der Waals surface area contributed by atoms with Gasteiger partial charge in [0, 0.05) is 0 Å². The Morgan fingerprint density at radius 1 is 1.23 bits per heavy atom. The number of carbonyl (C=O) groups excluding carboxylic acids is 1. The lowest BCUT2D eigenvalue weighted by atomic mass is 10.1. The van der Waals surface area contributed by atoms with E-state index in [1.807, 2.05) is 56.3 Å². The number of rotatable bonds is 6. The fourth-order valence-corrected chi connectivity index (χ4v) is 3.64. The van der Waals surface area contributed by atoms with Crippen LogP contribution in [0.1, 0.15) is 17.0 Å². The number of tetrazole rings is 1. The lowest BCUT2D eigenvalue weighted by Crippen LogP contribution is -2.15. The third-order valence-electron chi connectivity index (χ3n) is 3.70. The monoisotopic (exact) mass is 387 g/mol. The van der Waals surface area contributed by atoms with Gasteiger partial charge in [-0.2, -0.15) is 4.68 Å². The van der Waals surface area contributed by atoms with Crippen LogP contribution < -0.4 is 5.32 Å². The quantitative estimate of drug-likeness (QED) is 0.696. The first-order valence-corrected chi connectivity index (χ1v) is 9.55. The molecule has 26 heavy (non-hydrogen) atoms. The van der Waals surface area contributed by atoms with Crippen molar-refractivity contribution in [3.63, 3.8) is 0 Å². The summed E-state index contributed by atoms with van der Waals surface area (Å²) in [5.41, 5.74) is 3.56. The van der Waals surface area contributed by atoms with Crippen molar-refractivity contribution in [1.82, 2.24) is 20.2 Å². The Kier molecular flexibility index (Phi) is 5.90. The summed E-state index contributed by atoms with van der Waals surface area (Å²) >= 11 is 7.67. The number of anilines is 1. The molecule has 1 amide bonds. The predicted octanol–water partition coefficient (Wildman–Crippen LogP) is 3.80. The molecule has 0 aliphatic carbocycles. The molecule has 2 aromatic carbocycles. The van der Waals surface area contributed by atoms with E-state index in [0.717, 1.165) is 16.8 Å². The summed E-state index contributed by atoms with van der Waals surface area (Å²) in [6.45, 7) is 3.90. The second kappa shape index (κ2) is 8.33. The van der Waals surface area contributed by atoms with Crippen LogP contribution in [0.4, 0.5) is 5.69 Å². The van der Waals surface area contributed by atoms with Gasteiger partial charge in [-0.05, 0) is 53.6 Å². The minimum absolute atomic E-state index is 0.109. The molecule has 0 spiro atoms. The van der Waals surface area contributed by atoms with Crippen LogP contribution in [0.25, 0.3) is 5.69 Å².